The second kappa shape index (κ2) is 6.26. The van der Waals surface area contributed by atoms with E-state index in [1.165, 1.54) is 0 Å². The van der Waals surface area contributed by atoms with Gasteiger partial charge in [0.25, 0.3) is 0 Å². The summed E-state index contributed by atoms with van der Waals surface area (Å²) in [6.07, 6.45) is 10.9. The Morgan fingerprint density at radius 1 is 1.32 bits per heavy atom. The van der Waals surface area contributed by atoms with Crippen LogP contribution in [0, 0.1) is 12.3 Å². The molecule has 1 aromatic heterocycles. The van der Waals surface area contributed by atoms with Gasteiger partial charge in [-0.1, -0.05) is 0 Å². The van der Waals surface area contributed by atoms with Crippen molar-refractivity contribution in [2.75, 3.05) is 0 Å². The molecule has 3 rings (SSSR count). The van der Waals surface area contributed by atoms with Crippen LogP contribution < -0.4 is 5.32 Å². The van der Waals surface area contributed by atoms with E-state index in [1.807, 2.05) is 0 Å². The molecule has 0 saturated heterocycles. The highest BCUT2D eigenvalue weighted by molar-refractivity contribution is 5.75. The quantitative estimate of drug-likeness (QED) is 0.776. The monoisotopic (exact) mass is 300 g/mol. The maximum atomic E-state index is 12.0. The van der Waals surface area contributed by atoms with Crippen molar-refractivity contribution in [3.05, 3.63) is 11.6 Å². The summed E-state index contributed by atoms with van der Waals surface area (Å²) in [5, 5.41) is 19.3. The number of nitrogens with one attached hydrogen (secondary N) is 1. The Balaban J connectivity index is 1.43. The first-order valence-electron chi connectivity index (χ1n) is 7.78. The van der Waals surface area contributed by atoms with Gasteiger partial charge in [0.05, 0.1) is 6.54 Å². The van der Waals surface area contributed by atoms with Gasteiger partial charge in [-0.2, -0.15) is 10.2 Å². The van der Waals surface area contributed by atoms with Crippen LogP contribution >= 0.6 is 0 Å². The van der Waals surface area contributed by atoms with E-state index in [-0.39, 0.29) is 5.91 Å². The van der Waals surface area contributed by atoms with Crippen molar-refractivity contribution in [2.24, 2.45) is 10.2 Å². The fourth-order valence-electron chi connectivity index (χ4n) is 2.75. The van der Waals surface area contributed by atoms with Crippen molar-refractivity contribution in [3.8, 4) is 12.3 Å². The minimum Gasteiger partial charge on any atom is -0.349 e. The molecule has 116 valence electrons. The maximum Gasteiger partial charge on any atom is 0.220 e. The second-order valence-electron chi connectivity index (χ2n) is 5.80. The van der Waals surface area contributed by atoms with E-state index >= 15 is 0 Å². The number of nitrogens with zero attached hydrogens (tertiary/aromatic N) is 5. The molecule has 7 nitrogen and oxygen atoms in total. The summed E-state index contributed by atoms with van der Waals surface area (Å²) in [6, 6.07) is 0. The molecule has 0 aromatic carbocycles. The van der Waals surface area contributed by atoms with Gasteiger partial charge in [0.2, 0.25) is 5.91 Å². The van der Waals surface area contributed by atoms with Gasteiger partial charge < -0.3 is 9.88 Å². The molecular formula is C15H20N6O. The Bertz CT molecular complexity index is 620. The molecule has 0 spiro atoms. The van der Waals surface area contributed by atoms with Crippen LogP contribution in [0.2, 0.25) is 0 Å². The summed E-state index contributed by atoms with van der Waals surface area (Å²) in [5.74, 6) is 4.44. The van der Waals surface area contributed by atoms with Crippen LogP contribution in [-0.2, 0) is 24.3 Å². The molecule has 1 N–H and O–H groups in total. The van der Waals surface area contributed by atoms with Crippen LogP contribution in [0.1, 0.15) is 50.2 Å². The predicted molar refractivity (Wildman–Crippen MR) is 79.7 cm³/mol. The number of amides is 1. The van der Waals surface area contributed by atoms with Gasteiger partial charge >= 0.3 is 0 Å². The highest BCUT2D eigenvalue weighted by Gasteiger charge is 2.39. The Kier molecular flexibility index (Phi) is 4.18. The minimum atomic E-state index is -0.391. The lowest BCUT2D eigenvalue weighted by Crippen LogP contribution is -2.27. The zero-order chi connectivity index (χ0) is 15.4. The molecule has 1 aromatic rings. The molecule has 3 heterocycles. The summed E-state index contributed by atoms with van der Waals surface area (Å²) in [4.78, 5) is 12.0. The fraction of sp³-hybridized carbons (Fsp3) is 0.667. The van der Waals surface area contributed by atoms with Gasteiger partial charge in [-0.05, 0) is 12.8 Å². The standard InChI is InChI=1S/C15H20N6O/c1-2-3-8-15(19-20-15)9-7-14(22)16-11-13-18-17-12-6-4-5-10-21(12)13/h1H,3-11H2,(H,16,22). The van der Waals surface area contributed by atoms with Crippen molar-refractivity contribution in [3.63, 3.8) is 0 Å². The highest BCUT2D eigenvalue weighted by atomic mass is 16.1. The summed E-state index contributed by atoms with van der Waals surface area (Å²) >= 11 is 0. The summed E-state index contributed by atoms with van der Waals surface area (Å²) in [6.45, 7) is 1.37. The smallest absolute Gasteiger partial charge is 0.220 e. The van der Waals surface area contributed by atoms with Crippen LogP contribution in [0.5, 0.6) is 0 Å². The van der Waals surface area contributed by atoms with E-state index in [0.717, 1.165) is 43.9 Å². The zero-order valence-corrected chi connectivity index (χ0v) is 12.6. The molecule has 0 saturated carbocycles. The molecule has 0 aliphatic carbocycles. The number of carbonyl (C=O) groups excluding carboxylic acids is 1. The number of carbonyl (C=O) groups is 1. The number of terminal acetylenes is 1. The lowest BCUT2D eigenvalue weighted by atomic mass is 10.0. The van der Waals surface area contributed by atoms with Gasteiger partial charge in [0.15, 0.2) is 11.5 Å². The Labute approximate surface area is 129 Å². The third-order valence-electron chi connectivity index (χ3n) is 4.18. The fourth-order valence-corrected chi connectivity index (χ4v) is 2.75. The molecular weight excluding hydrogens is 280 g/mol. The van der Waals surface area contributed by atoms with Crippen molar-refractivity contribution >= 4 is 5.91 Å². The lowest BCUT2D eigenvalue weighted by Gasteiger charge is -2.15. The average molecular weight is 300 g/mol. The van der Waals surface area contributed by atoms with Crippen LogP contribution in [-0.4, -0.2) is 26.3 Å². The lowest BCUT2D eigenvalue weighted by molar-refractivity contribution is -0.121. The molecule has 0 radical (unpaired) electrons. The van der Waals surface area contributed by atoms with E-state index in [1.54, 1.807) is 0 Å². The van der Waals surface area contributed by atoms with Gasteiger partial charge in [-0.25, -0.2) is 0 Å². The van der Waals surface area contributed by atoms with E-state index in [0.29, 0.717) is 25.8 Å². The Hall–Kier alpha value is -2.23. The molecule has 2 aliphatic heterocycles. The SMILES string of the molecule is C#CCCC1(CCC(=O)NCc2nnc3n2CCCC3)N=N1. The molecule has 1 amide bonds. The van der Waals surface area contributed by atoms with E-state index in [2.05, 4.69) is 36.2 Å². The van der Waals surface area contributed by atoms with Crippen LogP contribution in [0.15, 0.2) is 10.2 Å². The van der Waals surface area contributed by atoms with Gasteiger partial charge in [-0.3, -0.25) is 4.79 Å². The molecule has 0 bridgehead atoms. The summed E-state index contributed by atoms with van der Waals surface area (Å²) < 4.78 is 2.11. The number of fused-ring (bicyclic) bond motifs is 1. The molecule has 0 atom stereocenters. The predicted octanol–water partition coefficient (Wildman–Crippen LogP) is 1.59. The number of rotatable bonds is 7. The number of aryl methyl sites for hydroxylation is 1. The first kappa shape index (κ1) is 14.7. The van der Waals surface area contributed by atoms with E-state index in [4.69, 9.17) is 6.42 Å². The molecule has 0 unspecified atom stereocenters. The third-order valence-corrected chi connectivity index (χ3v) is 4.18. The first-order valence-corrected chi connectivity index (χ1v) is 7.78. The molecule has 22 heavy (non-hydrogen) atoms. The average Bonchev–Trinajstić information content (AvgIpc) is 3.20. The highest BCUT2D eigenvalue weighted by Crippen LogP contribution is 2.37. The first-order chi connectivity index (χ1) is 10.7. The summed E-state index contributed by atoms with van der Waals surface area (Å²) in [5.41, 5.74) is -0.391. The van der Waals surface area contributed by atoms with E-state index in [9.17, 15) is 4.79 Å². The van der Waals surface area contributed by atoms with E-state index < -0.39 is 5.66 Å². The normalized spacial score (nSPS) is 17.6. The van der Waals surface area contributed by atoms with Gasteiger partial charge in [0, 0.05) is 38.6 Å². The maximum absolute atomic E-state index is 12.0. The van der Waals surface area contributed by atoms with Crippen LogP contribution in [0.3, 0.4) is 0 Å². The topological polar surface area (TPSA) is 84.5 Å². The zero-order valence-electron chi connectivity index (χ0n) is 12.6. The van der Waals surface area contributed by atoms with Crippen LogP contribution in [0.4, 0.5) is 0 Å². The molecule has 0 fully saturated rings. The third kappa shape index (κ3) is 3.32. The summed E-state index contributed by atoms with van der Waals surface area (Å²) in [7, 11) is 0. The van der Waals surface area contributed by atoms with Crippen molar-refractivity contribution in [2.45, 2.75) is 63.7 Å². The molecule has 2 aliphatic rings. The number of hydrogen-bond donors (Lipinski definition) is 1. The van der Waals surface area contributed by atoms with Crippen molar-refractivity contribution in [1.82, 2.24) is 20.1 Å². The largest absolute Gasteiger partial charge is 0.349 e. The van der Waals surface area contributed by atoms with Crippen molar-refractivity contribution < 1.29 is 4.79 Å². The minimum absolute atomic E-state index is 0.00876. The molecule has 7 heteroatoms. The van der Waals surface area contributed by atoms with Crippen molar-refractivity contribution in [1.29, 1.82) is 0 Å². The Morgan fingerprint density at radius 3 is 2.95 bits per heavy atom. The second-order valence-corrected chi connectivity index (χ2v) is 5.80. The van der Waals surface area contributed by atoms with Gasteiger partial charge in [0.1, 0.15) is 5.82 Å². The number of hydrogen-bond acceptors (Lipinski definition) is 5. The van der Waals surface area contributed by atoms with Crippen LogP contribution in [0.25, 0.3) is 0 Å². The van der Waals surface area contributed by atoms with Gasteiger partial charge in [-0.15, -0.1) is 22.5 Å². The Morgan fingerprint density at radius 2 is 2.18 bits per heavy atom. The number of aromatic nitrogens is 3.